The number of carbonyl (C=O) groups excluding carboxylic acids is 1. The van der Waals surface area contributed by atoms with Crippen molar-refractivity contribution in [2.45, 2.75) is 18.9 Å². The van der Waals surface area contributed by atoms with E-state index >= 15 is 0 Å². The van der Waals surface area contributed by atoms with E-state index in [9.17, 15) is 13.2 Å². The van der Waals surface area contributed by atoms with Crippen LogP contribution in [-0.2, 0) is 19.6 Å². The van der Waals surface area contributed by atoms with E-state index in [1.165, 1.54) is 19.2 Å². The molecule has 1 heterocycles. The minimum Gasteiger partial charge on any atom is -0.466 e. The lowest BCUT2D eigenvalue weighted by atomic mass is 10.5. The Morgan fingerprint density at radius 2 is 2.12 bits per heavy atom. The first-order chi connectivity index (χ1) is 7.38. The average molecular weight is 246 g/mol. The fourth-order valence-electron chi connectivity index (χ4n) is 0.719. The second-order valence-electron chi connectivity index (χ2n) is 2.64. The van der Waals surface area contributed by atoms with Gasteiger partial charge in [0, 0.05) is 13.1 Å². The highest BCUT2D eigenvalue weighted by Crippen LogP contribution is 1.98. The maximum absolute atomic E-state index is 10.5. The van der Waals surface area contributed by atoms with Crippen LogP contribution in [0.1, 0.15) is 13.8 Å². The molecule has 0 aliphatic carbocycles. The molecule has 0 unspecified atom stereocenters. The largest absolute Gasteiger partial charge is 0.466 e. The van der Waals surface area contributed by atoms with Gasteiger partial charge in [0.1, 0.15) is 0 Å². The normalized spacial score (nSPS) is 9.94. The lowest BCUT2D eigenvalue weighted by molar-refractivity contribution is -0.140. The maximum atomic E-state index is 10.5. The molecule has 0 aromatic carbocycles. The summed E-state index contributed by atoms with van der Waals surface area (Å²) in [5, 5.41) is 4.66. The average Bonchev–Trinajstić information content (AvgIpc) is 2.18. The van der Waals surface area contributed by atoms with E-state index in [2.05, 4.69) is 9.72 Å². The first kappa shape index (κ1) is 14.5. The highest BCUT2D eigenvalue weighted by molar-refractivity contribution is 7.89. The molecule has 7 heteroatoms. The molecular weight excluding hydrogens is 232 g/mol. The topological polar surface area (TPSA) is 99.4 Å². The Hall–Kier alpha value is -1.47. The summed E-state index contributed by atoms with van der Waals surface area (Å²) in [5.41, 5.74) is 0. The Morgan fingerprint density at radius 1 is 1.50 bits per heavy atom. The van der Waals surface area contributed by atoms with Crippen molar-refractivity contribution in [3.63, 3.8) is 0 Å². The molecule has 1 rings (SSSR count). The van der Waals surface area contributed by atoms with Crippen LogP contribution in [0.25, 0.3) is 0 Å². The van der Waals surface area contributed by atoms with E-state index in [1.54, 1.807) is 19.1 Å². The third-order valence-corrected chi connectivity index (χ3v) is 2.10. The van der Waals surface area contributed by atoms with E-state index in [-0.39, 0.29) is 11.0 Å². The number of primary sulfonamides is 1. The van der Waals surface area contributed by atoms with Crippen LogP contribution in [0.3, 0.4) is 0 Å². The summed E-state index contributed by atoms with van der Waals surface area (Å²) in [6.07, 6.45) is 1.37. The molecule has 6 nitrogen and oxygen atoms in total. The fraction of sp³-hybridized carbons (Fsp3) is 0.333. The second kappa shape index (κ2) is 6.91. The molecule has 16 heavy (non-hydrogen) atoms. The van der Waals surface area contributed by atoms with Gasteiger partial charge < -0.3 is 4.74 Å². The SMILES string of the molecule is CCOC(C)=O.NS(=O)(=O)c1ccccn1. The first-order valence-corrected chi connectivity index (χ1v) is 5.99. The number of rotatable bonds is 2. The number of hydrogen-bond acceptors (Lipinski definition) is 5. The summed E-state index contributed by atoms with van der Waals surface area (Å²) in [5.74, 6) is -0.211. The smallest absolute Gasteiger partial charge is 0.302 e. The number of aromatic nitrogens is 1. The molecule has 0 saturated carbocycles. The summed E-state index contributed by atoms with van der Waals surface area (Å²) >= 11 is 0. The van der Waals surface area contributed by atoms with Gasteiger partial charge in [0.05, 0.1) is 6.61 Å². The number of nitrogens with two attached hydrogens (primary N) is 1. The van der Waals surface area contributed by atoms with Gasteiger partial charge in [-0.1, -0.05) is 6.07 Å². The number of ether oxygens (including phenoxy) is 1. The van der Waals surface area contributed by atoms with Crippen LogP contribution in [0.15, 0.2) is 29.4 Å². The monoisotopic (exact) mass is 246 g/mol. The standard InChI is InChI=1S/C5H6N2O2S.C4H8O2/c6-10(8,9)5-3-1-2-4-7-5;1-3-6-4(2)5/h1-4H,(H2,6,8,9);3H2,1-2H3. The maximum Gasteiger partial charge on any atom is 0.302 e. The van der Waals surface area contributed by atoms with Gasteiger partial charge in [0.2, 0.25) is 0 Å². The van der Waals surface area contributed by atoms with Crippen molar-refractivity contribution in [2.75, 3.05) is 6.61 Å². The Kier molecular flexibility index (Phi) is 6.28. The fourth-order valence-corrected chi connectivity index (χ4v) is 1.19. The van der Waals surface area contributed by atoms with Crippen LogP contribution in [0.5, 0.6) is 0 Å². The summed E-state index contributed by atoms with van der Waals surface area (Å²) < 4.78 is 25.5. The van der Waals surface area contributed by atoms with Crippen LogP contribution in [0.2, 0.25) is 0 Å². The molecule has 0 fully saturated rings. The molecule has 0 aliphatic heterocycles. The number of nitrogens with zero attached hydrogens (tertiary/aromatic N) is 1. The van der Waals surface area contributed by atoms with Crippen molar-refractivity contribution in [1.29, 1.82) is 0 Å². The van der Waals surface area contributed by atoms with Gasteiger partial charge in [-0.15, -0.1) is 0 Å². The van der Waals surface area contributed by atoms with Crippen LogP contribution < -0.4 is 5.14 Å². The van der Waals surface area contributed by atoms with Crippen LogP contribution in [-0.4, -0.2) is 26.0 Å². The number of esters is 1. The number of carbonyl (C=O) groups is 1. The van der Waals surface area contributed by atoms with Gasteiger partial charge in [-0.3, -0.25) is 4.79 Å². The zero-order valence-corrected chi connectivity index (χ0v) is 9.90. The van der Waals surface area contributed by atoms with E-state index < -0.39 is 10.0 Å². The van der Waals surface area contributed by atoms with E-state index in [1.807, 2.05) is 0 Å². The molecule has 0 atom stereocenters. The predicted octanol–water partition coefficient (Wildman–Crippen LogP) is 0.298. The van der Waals surface area contributed by atoms with Crippen LogP contribution in [0, 0.1) is 0 Å². The van der Waals surface area contributed by atoms with E-state index in [0.29, 0.717) is 6.61 Å². The second-order valence-corrected chi connectivity index (χ2v) is 4.15. The van der Waals surface area contributed by atoms with Gasteiger partial charge in [-0.25, -0.2) is 18.5 Å². The third-order valence-electron chi connectivity index (χ3n) is 1.28. The Balaban J connectivity index is 0.000000325. The van der Waals surface area contributed by atoms with Crippen molar-refractivity contribution in [2.24, 2.45) is 5.14 Å². The zero-order chi connectivity index (χ0) is 12.6. The van der Waals surface area contributed by atoms with Crippen molar-refractivity contribution >= 4 is 16.0 Å². The van der Waals surface area contributed by atoms with E-state index in [0.717, 1.165) is 0 Å². The first-order valence-electron chi connectivity index (χ1n) is 4.45. The Labute approximate surface area is 94.5 Å². The molecule has 0 bridgehead atoms. The minimum absolute atomic E-state index is 0.102. The predicted molar refractivity (Wildman–Crippen MR) is 57.9 cm³/mol. The molecule has 1 aromatic heterocycles. The number of pyridine rings is 1. The van der Waals surface area contributed by atoms with Crippen molar-refractivity contribution in [1.82, 2.24) is 4.98 Å². The lowest BCUT2D eigenvalue weighted by Crippen LogP contribution is -2.13. The minimum atomic E-state index is -3.61. The molecular formula is C9H14N2O4S. The summed E-state index contributed by atoms with van der Waals surface area (Å²) in [6, 6.07) is 4.52. The van der Waals surface area contributed by atoms with Gasteiger partial charge in [-0.2, -0.15) is 0 Å². The lowest BCUT2D eigenvalue weighted by Gasteiger charge is -1.92. The van der Waals surface area contributed by atoms with Crippen molar-refractivity contribution in [3.05, 3.63) is 24.4 Å². The molecule has 0 radical (unpaired) electrons. The molecule has 0 aliphatic rings. The summed E-state index contributed by atoms with van der Waals surface area (Å²) in [6.45, 7) is 3.65. The van der Waals surface area contributed by atoms with Crippen molar-refractivity contribution in [3.8, 4) is 0 Å². The van der Waals surface area contributed by atoms with Crippen LogP contribution >= 0.6 is 0 Å². The quantitative estimate of drug-likeness (QED) is 0.756. The summed E-state index contributed by atoms with van der Waals surface area (Å²) in [7, 11) is -3.61. The zero-order valence-electron chi connectivity index (χ0n) is 9.08. The number of hydrogen-bond donors (Lipinski definition) is 1. The molecule has 90 valence electrons. The highest BCUT2D eigenvalue weighted by Gasteiger charge is 2.05. The van der Waals surface area contributed by atoms with Crippen molar-refractivity contribution < 1.29 is 17.9 Å². The molecule has 0 spiro atoms. The third kappa shape index (κ3) is 6.91. The van der Waals surface area contributed by atoms with Gasteiger partial charge in [0.25, 0.3) is 10.0 Å². The van der Waals surface area contributed by atoms with Gasteiger partial charge in [-0.05, 0) is 19.1 Å². The molecule has 0 saturated heterocycles. The summed E-state index contributed by atoms with van der Waals surface area (Å²) in [4.78, 5) is 13.4. The number of sulfonamides is 1. The highest BCUT2D eigenvalue weighted by atomic mass is 32.2. The molecule has 0 amide bonds. The Bertz CT molecular complexity index is 416. The van der Waals surface area contributed by atoms with Gasteiger partial charge >= 0.3 is 5.97 Å². The van der Waals surface area contributed by atoms with Gasteiger partial charge in [0.15, 0.2) is 5.03 Å². The van der Waals surface area contributed by atoms with Crippen LogP contribution in [0.4, 0.5) is 0 Å². The van der Waals surface area contributed by atoms with E-state index in [4.69, 9.17) is 5.14 Å². The molecule has 1 aromatic rings. The molecule has 2 N–H and O–H groups in total. The Morgan fingerprint density at radius 3 is 2.31 bits per heavy atom.